The van der Waals surface area contributed by atoms with Gasteiger partial charge in [-0.05, 0) is 23.0 Å². The molecule has 1 aromatic rings. The fourth-order valence-corrected chi connectivity index (χ4v) is 3.55. The Bertz CT molecular complexity index is 787. The van der Waals surface area contributed by atoms with E-state index in [2.05, 4.69) is 13.6 Å². The Kier molecular flexibility index (Phi) is 7.90. The van der Waals surface area contributed by atoms with E-state index in [9.17, 15) is 34.8 Å². The average molecular weight is 472 g/mol. The molecule has 0 bridgehead atoms. The number of rotatable bonds is 10. The van der Waals surface area contributed by atoms with Crippen LogP contribution in [0.5, 0.6) is 5.75 Å². The molecule has 0 aromatic heterocycles. The average Bonchev–Trinajstić information content (AvgIpc) is 2.58. The molecule has 29 heavy (non-hydrogen) atoms. The number of alkyl halides is 6. The molecule has 0 saturated carbocycles. The molecule has 0 atom stereocenters. The highest BCUT2D eigenvalue weighted by atomic mass is 32.2. The van der Waals surface area contributed by atoms with E-state index in [1.54, 1.807) is 27.7 Å². The standard InChI is InChI=1S/C15H18F6O6S2/c1-8(2)10-6-5-7-11(9(3)4)12(10)25-29(23,24)15(20,21)13(16,17)14(18,19)28-27-26-22/h5-9,22H,1-4H3. The van der Waals surface area contributed by atoms with Crippen LogP contribution in [0, 0.1) is 0 Å². The summed E-state index contributed by atoms with van der Waals surface area (Å²) in [6.07, 6.45) is 0. The first-order chi connectivity index (χ1) is 13.0. The minimum Gasteiger partial charge on any atom is -0.377 e. The molecule has 0 aliphatic rings. The van der Waals surface area contributed by atoms with Crippen LogP contribution < -0.4 is 4.18 Å². The molecule has 0 spiro atoms. The van der Waals surface area contributed by atoms with Gasteiger partial charge in [-0.3, -0.25) is 0 Å². The Balaban J connectivity index is 3.50. The minimum atomic E-state index is -6.63. The Labute approximate surface area is 167 Å². The third kappa shape index (κ3) is 4.93. The van der Waals surface area contributed by atoms with E-state index >= 15 is 0 Å². The molecule has 168 valence electrons. The van der Waals surface area contributed by atoms with Crippen molar-refractivity contribution in [2.45, 2.75) is 56.0 Å². The van der Waals surface area contributed by atoms with Crippen molar-refractivity contribution in [2.24, 2.45) is 0 Å². The molecule has 0 unspecified atom stereocenters. The first-order valence-corrected chi connectivity index (χ1v) is 10.0. The lowest BCUT2D eigenvalue weighted by atomic mass is 9.94. The number of halogens is 6. The van der Waals surface area contributed by atoms with E-state index in [1.165, 1.54) is 18.2 Å². The third-order valence-electron chi connectivity index (χ3n) is 3.73. The summed E-state index contributed by atoms with van der Waals surface area (Å²) in [7, 11) is -6.63. The second kappa shape index (κ2) is 8.88. The maximum atomic E-state index is 14.1. The van der Waals surface area contributed by atoms with Gasteiger partial charge in [-0.25, -0.2) is 5.26 Å². The summed E-state index contributed by atoms with van der Waals surface area (Å²) in [4.78, 5) is 0. The van der Waals surface area contributed by atoms with Gasteiger partial charge in [0.05, 0.1) is 0 Å². The normalized spacial score (nSPS) is 14.0. The van der Waals surface area contributed by atoms with Crippen LogP contribution in [-0.4, -0.2) is 30.1 Å². The molecule has 1 N–H and O–H groups in total. The van der Waals surface area contributed by atoms with Gasteiger partial charge < -0.3 is 4.18 Å². The van der Waals surface area contributed by atoms with Crippen LogP contribution in [0.2, 0.25) is 0 Å². The van der Waals surface area contributed by atoms with Crippen LogP contribution in [0.1, 0.15) is 50.7 Å². The van der Waals surface area contributed by atoms with Gasteiger partial charge in [0, 0.05) is 0 Å². The van der Waals surface area contributed by atoms with Crippen molar-refractivity contribution in [3.8, 4) is 5.75 Å². The summed E-state index contributed by atoms with van der Waals surface area (Å²) in [5.41, 5.74) is 0.189. The zero-order chi connectivity index (χ0) is 22.8. The van der Waals surface area contributed by atoms with E-state index in [0.717, 1.165) is 0 Å². The SMILES string of the molecule is CC(C)c1cccc(C(C)C)c1OS(=O)(=O)C(F)(F)C(F)(F)C(F)(F)SOOO. The monoisotopic (exact) mass is 472 g/mol. The highest BCUT2D eigenvalue weighted by Crippen LogP contribution is 2.54. The highest BCUT2D eigenvalue weighted by molar-refractivity contribution is 7.95. The molecule has 0 fully saturated rings. The van der Waals surface area contributed by atoms with Crippen molar-refractivity contribution >= 4 is 22.2 Å². The minimum absolute atomic E-state index is 0.0945. The molecule has 0 aliphatic carbocycles. The Hall–Kier alpha value is -1.22. The molecule has 6 nitrogen and oxygen atoms in total. The summed E-state index contributed by atoms with van der Waals surface area (Å²) >= 11 is -1.70. The predicted molar refractivity (Wildman–Crippen MR) is 91.4 cm³/mol. The Morgan fingerprint density at radius 1 is 0.966 bits per heavy atom. The van der Waals surface area contributed by atoms with Crippen molar-refractivity contribution in [2.75, 3.05) is 0 Å². The fourth-order valence-electron chi connectivity index (χ4n) is 2.18. The predicted octanol–water partition coefficient (Wildman–Crippen LogP) is 5.53. The maximum Gasteiger partial charge on any atom is 0.450 e. The van der Waals surface area contributed by atoms with E-state index in [0.29, 0.717) is 0 Å². The Morgan fingerprint density at radius 2 is 1.41 bits per heavy atom. The summed E-state index contributed by atoms with van der Waals surface area (Å²) < 4.78 is 114. The van der Waals surface area contributed by atoms with Crippen LogP contribution in [0.25, 0.3) is 0 Å². The van der Waals surface area contributed by atoms with E-state index in [-0.39, 0.29) is 11.1 Å². The number of para-hydroxylation sites is 1. The smallest absolute Gasteiger partial charge is 0.377 e. The van der Waals surface area contributed by atoms with Gasteiger partial charge in [0.15, 0.2) is 0 Å². The van der Waals surface area contributed by atoms with Crippen molar-refractivity contribution < 1.29 is 53.6 Å². The molecule has 0 heterocycles. The van der Waals surface area contributed by atoms with Crippen LogP contribution in [0.15, 0.2) is 18.2 Å². The van der Waals surface area contributed by atoms with E-state index in [4.69, 9.17) is 5.26 Å². The summed E-state index contributed by atoms with van der Waals surface area (Å²) in [5, 5.41) is -1.77. The summed E-state index contributed by atoms with van der Waals surface area (Å²) in [6.45, 7) is 6.23. The molecule has 1 rings (SSSR count). The molecule has 0 saturated heterocycles. The van der Waals surface area contributed by atoms with Crippen LogP contribution in [-0.2, 0) is 19.5 Å². The fraction of sp³-hybridized carbons (Fsp3) is 0.600. The molecule has 0 amide bonds. The van der Waals surface area contributed by atoms with Crippen LogP contribution >= 0.6 is 12.0 Å². The molecular weight excluding hydrogens is 454 g/mol. The highest BCUT2D eigenvalue weighted by Gasteiger charge is 2.79. The second-order valence-electron chi connectivity index (χ2n) is 6.45. The van der Waals surface area contributed by atoms with Gasteiger partial charge in [0.25, 0.3) is 0 Å². The second-order valence-corrected chi connectivity index (χ2v) is 8.85. The molecule has 0 radical (unpaired) electrons. The molecular formula is C15H18F6O6S2. The number of hydrogen-bond acceptors (Lipinski definition) is 7. The van der Waals surface area contributed by atoms with Crippen molar-refractivity contribution in [1.29, 1.82) is 0 Å². The summed E-state index contributed by atoms with van der Waals surface area (Å²) in [5.74, 6) is -8.09. The summed E-state index contributed by atoms with van der Waals surface area (Å²) in [6, 6.07) is 4.14. The van der Waals surface area contributed by atoms with Crippen LogP contribution in [0.4, 0.5) is 26.3 Å². The lowest BCUT2D eigenvalue weighted by Crippen LogP contribution is -2.57. The van der Waals surface area contributed by atoms with Gasteiger partial charge >= 0.3 is 26.5 Å². The van der Waals surface area contributed by atoms with Gasteiger partial charge in [0.2, 0.25) is 0 Å². The largest absolute Gasteiger partial charge is 0.450 e. The van der Waals surface area contributed by atoms with Gasteiger partial charge in [0.1, 0.15) is 17.8 Å². The molecule has 14 heteroatoms. The lowest BCUT2D eigenvalue weighted by Gasteiger charge is -2.30. The Morgan fingerprint density at radius 3 is 1.79 bits per heavy atom. The third-order valence-corrected chi connectivity index (χ3v) is 5.59. The van der Waals surface area contributed by atoms with Gasteiger partial charge in [-0.15, -0.1) is 4.33 Å². The zero-order valence-electron chi connectivity index (χ0n) is 15.5. The van der Waals surface area contributed by atoms with Gasteiger partial charge in [-0.1, -0.05) is 50.9 Å². The topological polar surface area (TPSA) is 82.1 Å². The maximum absolute atomic E-state index is 14.1. The molecule has 0 aliphatic heterocycles. The van der Waals surface area contributed by atoms with Crippen LogP contribution in [0.3, 0.4) is 0 Å². The first kappa shape index (κ1) is 25.8. The van der Waals surface area contributed by atoms with Gasteiger partial charge in [-0.2, -0.15) is 34.8 Å². The first-order valence-electron chi connectivity index (χ1n) is 7.89. The van der Waals surface area contributed by atoms with Crippen molar-refractivity contribution in [3.05, 3.63) is 29.3 Å². The van der Waals surface area contributed by atoms with Crippen molar-refractivity contribution in [1.82, 2.24) is 0 Å². The molecule has 1 aromatic carbocycles. The van der Waals surface area contributed by atoms with E-state index < -0.39 is 56.2 Å². The van der Waals surface area contributed by atoms with Crippen molar-refractivity contribution in [3.63, 3.8) is 0 Å². The van der Waals surface area contributed by atoms with E-state index in [1.807, 2.05) is 0 Å². The number of hydrogen-bond donors (Lipinski definition) is 1. The number of benzene rings is 1. The zero-order valence-corrected chi connectivity index (χ0v) is 17.1. The lowest BCUT2D eigenvalue weighted by molar-refractivity contribution is -0.434. The quantitative estimate of drug-likeness (QED) is 0.158.